The molecule has 5 heteroatoms. The van der Waals surface area contributed by atoms with E-state index in [-0.39, 0.29) is 18.2 Å². The van der Waals surface area contributed by atoms with Gasteiger partial charge in [0, 0.05) is 12.2 Å². The normalized spacial score (nSPS) is 10.9. The van der Waals surface area contributed by atoms with Crippen molar-refractivity contribution in [3.8, 4) is 5.75 Å². The van der Waals surface area contributed by atoms with Gasteiger partial charge in [0.25, 0.3) is 0 Å². The summed E-state index contributed by atoms with van der Waals surface area (Å²) in [6.07, 6.45) is 0.229. The van der Waals surface area contributed by atoms with Crippen LogP contribution < -0.4 is 10.1 Å². The lowest BCUT2D eigenvalue weighted by Gasteiger charge is -2.37. The van der Waals surface area contributed by atoms with Crippen molar-refractivity contribution in [1.82, 2.24) is 4.90 Å². The highest BCUT2D eigenvalue weighted by Gasteiger charge is 2.37. The van der Waals surface area contributed by atoms with Crippen molar-refractivity contribution in [2.75, 3.05) is 12.4 Å². The quantitative estimate of drug-likeness (QED) is 0.580. The van der Waals surface area contributed by atoms with Gasteiger partial charge in [-0.2, -0.15) is 0 Å². The molecule has 3 aromatic rings. The van der Waals surface area contributed by atoms with E-state index in [9.17, 15) is 9.59 Å². The number of benzene rings is 3. The molecule has 0 aliphatic heterocycles. The molecule has 0 atom stereocenters. The van der Waals surface area contributed by atoms with Gasteiger partial charge in [-0.05, 0) is 49.2 Å². The third kappa shape index (κ3) is 5.72. The van der Waals surface area contributed by atoms with Gasteiger partial charge in [-0.3, -0.25) is 9.59 Å². The monoisotopic (exact) mass is 416 g/mol. The highest BCUT2D eigenvalue weighted by molar-refractivity contribution is 6.00. The first-order valence-corrected chi connectivity index (χ1v) is 10.2. The summed E-state index contributed by atoms with van der Waals surface area (Å²) in [5.41, 5.74) is 1.46. The number of anilines is 1. The van der Waals surface area contributed by atoms with Gasteiger partial charge in [-0.1, -0.05) is 60.7 Å². The summed E-state index contributed by atoms with van der Waals surface area (Å²) in [7, 11) is 1.59. The molecule has 0 heterocycles. The minimum absolute atomic E-state index is 0.107. The first-order chi connectivity index (χ1) is 14.9. The summed E-state index contributed by atoms with van der Waals surface area (Å²) in [5.74, 6) is 0.348. The Balaban J connectivity index is 1.83. The van der Waals surface area contributed by atoms with Crippen LogP contribution in [0.15, 0.2) is 84.9 Å². The second-order valence-corrected chi connectivity index (χ2v) is 7.87. The Bertz CT molecular complexity index is 1000. The van der Waals surface area contributed by atoms with Crippen molar-refractivity contribution in [2.24, 2.45) is 0 Å². The molecular weight excluding hydrogens is 388 g/mol. The first kappa shape index (κ1) is 22.1. The van der Waals surface area contributed by atoms with E-state index in [1.54, 1.807) is 50.1 Å². The van der Waals surface area contributed by atoms with E-state index in [1.165, 1.54) is 0 Å². The van der Waals surface area contributed by atoms with Gasteiger partial charge in [0.05, 0.1) is 13.5 Å². The Morgan fingerprint density at radius 2 is 1.39 bits per heavy atom. The van der Waals surface area contributed by atoms with Crippen LogP contribution in [0.5, 0.6) is 5.75 Å². The van der Waals surface area contributed by atoms with E-state index < -0.39 is 5.54 Å². The molecule has 1 N–H and O–H groups in total. The van der Waals surface area contributed by atoms with Crippen molar-refractivity contribution in [3.05, 3.63) is 96.1 Å². The van der Waals surface area contributed by atoms with Gasteiger partial charge in [-0.15, -0.1) is 0 Å². The molecule has 160 valence electrons. The lowest BCUT2D eigenvalue weighted by molar-refractivity contribution is -0.144. The van der Waals surface area contributed by atoms with Crippen LogP contribution in [0.1, 0.15) is 25.0 Å². The van der Waals surface area contributed by atoms with Gasteiger partial charge in [0.15, 0.2) is 0 Å². The van der Waals surface area contributed by atoms with E-state index in [2.05, 4.69) is 5.32 Å². The molecule has 0 unspecified atom stereocenters. The standard InChI is InChI=1S/C26H28N2O3/c1-26(2,25(30)27-22-14-16-23(31-3)17-15-22)28(19-21-12-8-5-9-13-21)24(29)18-20-10-6-4-7-11-20/h4-17H,18-19H2,1-3H3,(H,27,30). The highest BCUT2D eigenvalue weighted by atomic mass is 16.5. The van der Waals surface area contributed by atoms with Crippen molar-refractivity contribution in [3.63, 3.8) is 0 Å². The zero-order chi connectivity index (χ0) is 22.3. The maximum absolute atomic E-state index is 13.3. The van der Waals surface area contributed by atoms with Crippen LogP contribution in [0, 0.1) is 0 Å². The summed E-state index contributed by atoms with van der Waals surface area (Å²) < 4.78 is 5.17. The molecular formula is C26H28N2O3. The molecule has 0 saturated carbocycles. The maximum Gasteiger partial charge on any atom is 0.249 e. The number of methoxy groups -OCH3 is 1. The Hall–Kier alpha value is -3.60. The minimum Gasteiger partial charge on any atom is -0.497 e. The third-order valence-electron chi connectivity index (χ3n) is 5.26. The van der Waals surface area contributed by atoms with Gasteiger partial charge in [-0.25, -0.2) is 0 Å². The molecule has 0 aliphatic carbocycles. The number of nitrogens with one attached hydrogen (secondary N) is 1. The first-order valence-electron chi connectivity index (χ1n) is 10.2. The van der Waals surface area contributed by atoms with Gasteiger partial charge >= 0.3 is 0 Å². The molecule has 0 bridgehead atoms. The van der Waals surface area contributed by atoms with E-state index in [1.807, 2.05) is 60.7 Å². The SMILES string of the molecule is COc1ccc(NC(=O)C(C)(C)N(Cc2ccccc2)C(=O)Cc2ccccc2)cc1. The number of carbonyl (C=O) groups excluding carboxylic acids is 2. The van der Waals surface area contributed by atoms with Crippen molar-refractivity contribution in [2.45, 2.75) is 32.4 Å². The van der Waals surface area contributed by atoms with Crippen LogP contribution in [0.4, 0.5) is 5.69 Å². The number of amides is 2. The van der Waals surface area contributed by atoms with Crippen LogP contribution >= 0.6 is 0 Å². The Morgan fingerprint density at radius 3 is 1.94 bits per heavy atom. The highest BCUT2D eigenvalue weighted by Crippen LogP contribution is 2.23. The molecule has 3 aromatic carbocycles. The fraction of sp³-hybridized carbons (Fsp3) is 0.231. The lowest BCUT2D eigenvalue weighted by Crippen LogP contribution is -2.55. The molecule has 0 spiro atoms. The molecule has 0 fully saturated rings. The summed E-state index contributed by atoms with van der Waals surface area (Å²) in [6.45, 7) is 3.89. The van der Waals surface area contributed by atoms with Gasteiger partial charge < -0.3 is 15.0 Å². The summed E-state index contributed by atoms with van der Waals surface area (Å²) in [5, 5.41) is 2.93. The maximum atomic E-state index is 13.3. The van der Waals surface area contributed by atoms with E-state index in [0.29, 0.717) is 18.0 Å². The molecule has 5 nitrogen and oxygen atoms in total. The average Bonchev–Trinajstić information content (AvgIpc) is 2.79. The summed E-state index contributed by atoms with van der Waals surface area (Å²) in [6, 6.07) is 26.4. The number of hydrogen-bond acceptors (Lipinski definition) is 3. The zero-order valence-electron chi connectivity index (χ0n) is 18.2. The topological polar surface area (TPSA) is 58.6 Å². The van der Waals surface area contributed by atoms with Crippen LogP contribution in [-0.2, 0) is 22.6 Å². The summed E-state index contributed by atoms with van der Waals surface area (Å²) in [4.78, 5) is 28.2. The zero-order valence-corrected chi connectivity index (χ0v) is 18.2. The predicted octanol–water partition coefficient (Wildman–Crippen LogP) is 4.68. The molecule has 0 aliphatic rings. The predicted molar refractivity (Wildman–Crippen MR) is 123 cm³/mol. The average molecular weight is 417 g/mol. The van der Waals surface area contributed by atoms with Crippen LogP contribution in [0.25, 0.3) is 0 Å². The van der Waals surface area contributed by atoms with Crippen molar-refractivity contribution >= 4 is 17.5 Å². The number of hydrogen-bond donors (Lipinski definition) is 1. The molecule has 31 heavy (non-hydrogen) atoms. The largest absolute Gasteiger partial charge is 0.497 e. The van der Waals surface area contributed by atoms with E-state index in [0.717, 1.165) is 11.1 Å². The van der Waals surface area contributed by atoms with Gasteiger partial charge in [0.1, 0.15) is 11.3 Å². The number of nitrogens with zero attached hydrogens (tertiary/aromatic N) is 1. The smallest absolute Gasteiger partial charge is 0.249 e. The third-order valence-corrected chi connectivity index (χ3v) is 5.26. The Kier molecular flexibility index (Phi) is 7.08. The molecule has 0 saturated heterocycles. The van der Waals surface area contributed by atoms with Crippen molar-refractivity contribution < 1.29 is 14.3 Å². The van der Waals surface area contributed by atoms with Crippen LogP contribution in [-0.4, -0.2) is 29.4 Å². The fourth-order valence-corrected chi connectivity index (χ4v) is 3.31. The van der Waals surface area contributed by atoms with E-state index >= 15 is 0 Å². The van der Waals surface area contributed by atoms with E-state index in [4.69, 9.17) is 4.74 Å². The minimum atomic E-state index is -1.07. The molecule has 3 rings (SSSR count). The number of carbonyl (C=O) groups is 2. The molecule has 0 radical (unpaired) electrons. The van der Waals surface area contributed by atoms with Crippen molar-refractivity contribution in [1.29, 1.82) is 0 Å². The lowest BCUT2D eigenvalue weighted by atomic mass is 9.98. The summed E-state index contributed by atoms with van der Waals surface area (Å²) >= 11 is 0. The number of ether oxygens (including phenoxy) is 1. The van der Waals surface area contributed by atoms with Crippen LogP contribution in [0.3, 0.4) is 0 Å². The Morgan fingerprint density at radius 1 is 0.839 bits per heavy atom. The second kappa shape index (κ2) is 9.94. The van der Waals surface area contributed by atoms with Gasteiger partial charge in [0.2, 0.25) is 11.8 Å². The molecule has 2 amide bonds. The molecule has 0 aromatic heterocycles. The number of rotatable bonds is 8. The van der Waals surface area contributed by atoms with Crippen LogP contribution in [0.2, 0.25) is 0 Å². The second-order valence-electron chi connectivity index (χ2n) is 7.87. The fourth-order valence-electron chi connectivity index (χ4n) is 3.31. The Labute approximate surface area is 183 Å².